The SMILES string of the molecule is ClCC(CCl)CC1CC2CCC1C2. The van der Waals surface area contributed by atoms with Gasteiger partial charge in [-0.05, 0) is 49.4 Å². The van der Waals surface area contributed by atoms with Crippen molar-refractivity contribution in [3.05, 3.63) is 0 Å². The molecule has 2 fully saturated rings. The molecule has 0 N–H and O–H groups in total. The van der Waals surface area contributed by atoms with Crippen molar-refractivity contribution in [2.45, 2.75) is 32.1 Å². The van der Waals surface area contributed by atoms with Crippen LogP contribution in [0.3, 0.4) is 0 Å². The maximum Gasteiger partial charge on any atom is 0.0263 e. The molecule has 2 aliphatic rings. The van der Waals surface area contributed by atoms with E-state index in [9.17, 15) is 0 Å². The summed E-state index contributed by atoms with van der Waals surface area (Å²) >= 11 is 11.7. The lowest BCUT2D eigenvalue weighted by molar-refractivity contribution is 0.285. The number of alkyl halides is 2. The van der Waals surface area contributed by atoms with Crippen molar-refractivity contribution in [3.63, 3.8) is 0 Å². The number of hydrogen-bond donors (Lipinski definition) is 0. The summed E-state index contributed by atoms with van der Waals surface area (Å²) in [6.45, 7) is 0. The number of fused-ring (bicyclic) bond motifs is 2. The molecular weight excluding hydrogens is 203 g/mol. The van der Waals surface area contributed by atoms with E-state index in [0.717, 1.165) is 29.5 Å². The first-order chi connectivity index (χ1) is 6.33. The summed E-state index contributed by atoms with van der Waals surface area (Å²) in [7, 11) is 0. The second kappa shape index (κ2) is 4.40. The van der Waals surface area contributed by atoms with Gasteiger partial charge in [0, 0.05) is 11.8 Å². The summed E-state index contributed by atoms with van der Waals surface area (Å²) in [5.41, 5.74) is 0. The van der Waals surface area contributed by atoms with Gasteiger partial charge in [-0.1, -0.05) is 6.42 Å². The van der Waals surface area contributed by atoms with E-state index in [2.05, 4.69) is 0 Å². The fourth-order valence-electron chi connectivity index (χ4n) is 3.26. The van der Waals surface area contributed by atoms with Crippen LogP contribution in [-0.2, 0) is 0 Å². The molecule has 13 heavy (non-hydrogen) atoms. The van der Waals surface area contributed by atoms with Gasteiger partial charge in [-0.15, -0.1) is 23.2 Å². The molecule has 3 atom stereocenters. The molecule has 0 radical (unpaired) electrons. The Morgan fingerprint density at radius 1 is 1.08 bits per heavy atom. The third kappa shape index (κ3) is 2.15. The van der Waals surface area contributed by atoms with Gasteiger partial charge in [0.2, 0.25) is 0 Å². The van der Waals surface area contributed by atoms with Gasteiger partial charge in [0.25, 0.3) is 0 Å². The molecule has 2 aliphatic carbocycles. The van der Waals surface area contributed by atoms with Gasteiger partial charge in [-0.2, -0.15) is 0 Å². The van der Waals surface area contributed by atoms with Crippen LogP contribution in [0.15, 0.2) is 0 Å². The van der Waals surface area contributed by atoms with Crippen molar-refractivity contribution in [1.82, 2.24) is 0 Å². The summed E-state index contributed by atoms with van der Waals surface area (Å²) in [6.07, 6.45) is 7.23. The van der Waals surface area contributed by atoms with Gasteiger partial charge >= 0.3 is 0 Å². The van der Waals surface area contributed by atoms with Crippen LogP contribution in [0.1, 0.15) is 32.1 Å². The Balaban J connectivity index is 1.82. The molecule has 0 nitrogen and oxygen atoms in total. The van der Waals surface area contributed by atoms with Crippen LogP contribution in [0.5, 0.6) is 0 Å². The highest BCUT2D eigenvalue weighted by atomic mass is 35.5. The van der Waals surface area contributed by atoms with E-state index in [4.69, 9.17) is 23.2 Å². The van der Waals surface area contributed by atoms with E-state index < -0.39 is 0 Å². The summed E-state index contributed by atoms with van der Waals surface area (Å²) in [4.78, 5) is 0. The zero-order valence-electron chi connectivity index (χ0n) is 8.02. The van der Waals surface area contributed by atoms with Crippen LogP contribution in [0.25, 0.3) is 0 Å². The minimum absolute atomic E-state index is 0.563. The molecule has 2 saturated carbocycles. The maximum absolute atomic E-state index is 5.86. The standard InChI is InChI=1S/C11H18Cl2/c12-6-9(7-13)5-11-4-8-1-2-10(11)3-8/h8-11H,1-7H2. The van der Waals surface area contributed by atoms with E-state index >= 15 is 0 Å². The predicted molar refractivity (Wildman–Crippen MR) is 58.5 cm³/mol. The molecule has 0 aromatic heterocycles. The van der Waals surface area contributed by atoms with Crippen molar-refractivity contribution in [2.75, 3.05) is 11.8 Å². The highest BCUT2D eigenvalue weighted by Gasteiger charge is 2.39. The maximum atomic E-state index is 5.86. The zero-order chi connectivity index (χ0) is 9.26. The number of rotatable bonds is 4. The first-order valence-corrected chi connectivity index (χ1v) is 6.52. The lowest BCUT2D eigenvalue weighted by Gasteiger charge is -2.24. The quantitative estimate of drug-likeness (QED) is 0.631. The predicted octanol–water partition coefficient (Wildman–Crippen LogP) is 3.91. The first kappa shape index (κ1) is 10.1. The average Bonchev–Trinajstić information content (AvgIpc) is 2.75. The molecule has 2 heteroatoms. The topological polar surface area (TPSA) is 0 Å². The molecule has 3 unspecified atom stereocenters. The molecule has 0 amide bonds. The Morgan fingerprint density at radius 2 is 1.85 bits per heavy atom. The Kier molecular flexibility index (Phi) is 3.42. The molecule has 2 bridgehead atoms. The highest BCUT2D eigenvalue weighted by molar-refractivity contribution is 6.20. The van der Waals surface area contributed by atoms with Gasteiger partial charge in [0.05, 0.1) is 0 Å². The summed E-state index contributed by atoms with van der Waals surface area (Å²) in [5.74, 6) is 5.10. The first-order valence-electron chi connectivity index (χ1n) is 5.45. The second-order valence-corrected chi connectivity index (χ2v) is 5.46. The van der Waals surface area contributed by atoms with Crippen LogP contribution in [0.2, 0.25) is 0 Å². The summed E-state index contributed by atoms with van der Waals surface area (Å²) in [6, 6.07) is 0. The van der Waals surface area contributed by atoms with E-state index in [1.807, 2.05) is 0 Å². The molecule has 0 spiro atoms. The van der Waals surface area contributed by atoms with Gasteiger partial charge in [-0.3, -0.25) is 0 Å². The largest absolute Gasteiger partial charge is 0.126 e. The van der Waals surface area contributed by atoms with Crippen LogP contribution >= 0.6 is 23.2 Å². The van der Waals surface area contributed by atoms with Crippen LogP contribution in [-0.4, -0.2) is 11.8 Å². The summed E-state index contributed by atoms with van der Waals surface area (Å²) in [5, 5.41) is 0. The minimum Gasteiger partial charge on any atom is -0.126 e. The van der Waals surface area contributed by atoms with Crippen molar-refractivity contribution < 1.29 is 0 Å². The minimum atomic E-state index is 0.563. The Bertz CT molecular complexity index is 165. The normalized spacial score (nSPS) is 37.6. The van der Waals surface area contributed by atoms with E-state index in [1.54, 1.807) is 0 Å². The molecule has 0 heterocycles. The van der Waals surface area contributed by atoms with E-state index in [-0.39, 0.29) is 0 Å². The Labute approximate surface area is 91.0 Å². The Hall–Kier alpha value is 0.580. The summed E-state index contributed by atoms with van der Waals surface area (Å²) < 4.78 is 0. The fraction of sp³-hybridized carbons (Fsp3) is 1.00. The molecule has 0 saturated heterocycles. The monoisotopic (exact) mass is 220 g/mol. The van der Waals surface area contributed by atoms with Crippen LogP contribution in [0, 0.1) is 23.7 Å². The van der Waals surface area contributed by atoms with Crippen molar-refractivity contribution in [3.8, 4) is 0 Å². The third-order valence-corrected chi connectivity index (χ3v) is 4.83. The molecule has 0 aromatic carbocycles. The lowest BCUT2D eigenvalue weighted by Crippen LogP contribution is -2.17. The second-order valence-electron chi connectivity index (χ2n) is 4.85. The van der Waals surface area contributed by atoms with Crippen molar-refractivity contribution in [1.29, 1.82) is 0 Å². The Morgan fingerprint density at radius 3 is 2.31 bits per heavy atom. The van der Waals surface area contributed by atoms with Crippen molar-refractivity contribution in [2.24, 2.45) is 23.7 Å². The molecule has 2 rings (SSSR count). The van der Waals surface area contributed by atoms with Crippen LogP contribution < -0.4 is 0 Å². The molecular formula is C11H18Cl2. The van der Waals surface area contributed by atoms with Crippen molar-refractivity contribution >= 4 is 23.2 Å². The molecule has 76 valence electrons. The smallest absolute Gasteiger partial charge is 0.0263 e. The third-order valence-electron chi connectivity index (χ3n) is 3.96. The van der Waals surface area contributed by atoms with E-state index in [0.29, 0.717) is 5.92 Å². The van der Waals surface area contributed by atoms with Gasteiger partial charge in [0.1, 0.15) is 0 Å². The zero-order valence-corrected chi connectivity index (χ0v) is 9.53. The average molecular weight is 221 g/mol. The number of halogens is 2. The molecule has 0 aromatic rings. The van der Waals surface area contributed by atoms with Gasteiger partial charge in [0.15, 0.2) is 0 Å². The number of hydrogen-bond acceptors (Lipinski definition) is 0. The van der Waals surface area contributed by atoms with Gasteiger partial charge < -0.3 is 0 Å². The van der Waals surface area contributed by atoms with Gasteiger partial charge in [-0.25, -0.2) is 0 Å². The highest BCUT2D eigenvalue weighted by Crippen LogP contribution is 2.50. The fourth-order valence-corrected chi connectivity index (χ4v) is 3.84. The lowest BCUT2D eigenvalue weighted by atomic mass is 9.83. The van der Waals surface area contributed by atoms with Crippen LogP contribution in [0.4, 0.5) is 0 Å². The molecule has 0 aliphatic heterocycles. The van der Waals surface area contributed by atoms with E-state index in [1.165, 1.54) is 32.1 Å².